The Bertz CT molecular complexity index is 1210. The lowest BCUT2D eigenvalue weighted by Gasteiger charge is -2.20. The lowest BCUT2D eigenvalue weighted by molar-refractivity contribution is 0.0904. The van der Waals surface area contributed by atoms with E-state index in [0.29, 0.717) is 21.2 Å². The number of rotatable bonds is 8. The van der Waals surface area contributed by atoms with Crippen LogP contribution in [-0.4, -0.2) is 23.6 Å². The predicted molar refractivity (Wildman–Crippen MR) is 137 cm³/mol. The molecule has 2 atom stereocenters. The molecule has 3 aromatic rings. The number of aryl methyl sites for hydroxylation is 1. The number of ether oxygens (including phenoxy) is 1. The molecule has 7 heteroatoms. The summed E-state index contributed by atoms with van der Waals surface area (Å²) in [5.74, 6) is -0.408. The van der Waals surface area contributed by atoms with Crippen LogP contribution in [0.2, 0.25) is 10.0 Å². The van der Waals surface area contributed by atoms with Gasteiger partial charge < -0.3 is 15.5 Å². The summed E-state index contributed by atoms with van der Waals surface area (Å²) < 4.78 is 5.40. The molecule has 0 aliphatic rings. The van der Waals surface area contributed by atoms with Crippen molar-refractivity contribution >= 4 is 40.8 Å². The molecule has 0 heterocycles. The molecule has 0 fully saturated rings. The number of Topliss-reactive ketones (excluding diaryl/α,β-unsaturated/α-hetero) is 1. The van der Waals surface area contributed by atoms with E-state index in [1.54, 1.807) is 43.3 Å². The van der Waals surface area contributed by atoms with Gasteiger partial charge >= 0.3 is 6.09 Å². The molecular formula is C27H26Cl2N2O3. The zero-order valence-corrected chi connectivity index (χ0v) is 20.7. The van der Waals surface area contributed by atoms with Gasteiger partial charge in [0.25, 0.3) is 0 Å². The largest absolute Gasteiger partial charge is 0.442 e. The van der Waals surface area contributed by atoms with E-state index < -0.39 is 24.0 Å². The summed E-state index contributed by atoms with van der Waals surface area (Å²) in [7, 11) is 0. The van der Waals surface area contributed by atoms with E-state index in [1.807, 2.05) is 37.3 Å². The van der Waals surface area contributed by atoms with Gasteiger partial charge in [-0.25, -0.2) is 4.79 Å². The molecule has 2 unspecified atom stereocenters. The first-order valence-electron chi connectivity index (χ1n) is 10.9. The molecule has 0 saturated heterocycles. The zero-order chi connectivity index (χ0) is 24.8. The Kier molecular flexibility index (Phi) is 8.48. The number of carbonyl (C=O) groups is 2. The third kappa shape index (κ3) is 5.85. The number of ketones is 1. The van der Waals surface area contributed by atoms with Crippen LogP contribution in [0.3, 0.4) is 0 Å². The minimum absolute atomic E-state index is 0.00452. The molecule has 3 rings (SSSR count). The molecule has 34 heavy (non-hydrogen) atoms. The van der Waals surface area contributed by atoms with Crippen LogP contribution in [0.5, 0.6) is 0 Å². The van der Waals surface area contributed by atoms with Crippen molar-refractivity contribution in [1.29, 1.82) is 5.41 Å². The maximum atomic E-state index is 13.1. The van der Waals surface area contributed by atoms with Crippen LogP contribution in [0.4, 0.5) is 4.79 Å². The first-order valence-corrected chi connectivity index (χ1v) is 11.7. The monoisotopic (exact) mass is 496 g/mol. The number of halogens is 2. The maximum absolute atomic E-state index is 13.1. The molecule has 1 amide bonds. The highest BCUT2D eigenvalue weighted by atomic mass is 35.5. The highest BCUT2D eigenvalue weighted by Gasteiger charge is 2.26. The van der Waals surface area contributed by atoms with Crippen molar-refractivity contribution < 1.29 is 14.3 Å². The summed E-state index contributed by atoms with van der Waals surface area (Å²) in [6.07, 6.45) is -0.615. The standard InChI is InChI=1S/C27H26Cl2N2O3/c1-4-18-8-7-10-22(24(18)29)19-12-14-20(15-13-19)26(32)25(16(2)30)31-27(33)34-17(3)21-9-5-6-11-23(21)28/h5-15,17,25,30H,4H2,1-3H3,(H,31,33). The minimum atomic E-state index is -1.15. The summed E-state index contributed by atoms with van der Waals surface area (Å²) in [6.45, 7) is 5.19. The fraction of sp³-hybridized carbons (Fsp3) is 0.222. The average Bonchev–Trinajstić information content (AvgIpc) is 2.82. The number of amides is 1. The van der Waals surface area contributed by atoms with Gasteiger partial charge in [0.05, 0.1) is 5.02 Å². The number of alkyl carbamates (subject to hydrolysis) is 1. The average molecular weight is 497 g/mol. The van der Waals surface area contributed by atoms with Crippen molar-refractivity contribution in [2.75, 3.05) is 0 Å². The highest BCUT2D eigenvalue weighted by Crippen LogP contribution is 2.31. The number of benzene rings is 3. The predicted octanol–water partition coefficient (Wildman–Crippen LogP) is 7.30. The van der Waals surface area contributed by atoms with Crippen LogP contribution in [-0.2, 0) is 11.2 Å². The number of hydrogen-bond donors (Lipinski definition) is 2. The van der Waals surface area contributed by atoms with Crippen molar-refractivity contribution in [2.45, 2.75) is 39.3 Å². The molecule has 0 aliphatic heterocycles. The Hall–Kier alpha value is -3.15. The maximum Gasteiger partial charge on any atom is 0.408 e. The molecule has 3 aromatic carbocycles. The molecule has 0 saturated carbocycles. The topological polar surface area (TPSA) is 79.2 Å². The number of nitrogens with one attached hydrogen (secondary N) is 2. The molecule has 0 aliphatic carbocycles. The zero-order valence-electron chi connectivity index (χ0n) is 19.2. The van der Waals surface area contributed by atoms with Crippen LogP contribution in [0, 0.1) is 5.41 Å². The molecule has 0 spiro atoms. The van der Waals surface area contributed by atoms with E-state index >= 15 is 0 Å². The number of carbonyl (C=O) groups excluding carboxylic acids is 2. The van der Waals surface area contributed by atoms with Crippen molar-refractivity contribution in [1.82, 2.24) is 5.32 Å². The Morgan fingerprint density at radius 3 is 2.29 bits per heavy atom. The molecule has 0 radical (unpaired) electrons. The first kappa shape index (κ1) is 25.5. The second kappa shape index (κ2) is 11.3. The van der Waals surface area contributed by atoms with Gasteiger partial charge in [-0.3, -0.25) is 4.79 Å². The summed E-state index contributed by atoms with van der Waals surface area (Å²) in [5, 5.41) is 11.7. The van der Waals surface area contributed by atoms with E-state index in [2.05, 4.69) is 5.32 Å². The Morgan fingerprint density at radius 1 is 1.00 bits per heavy atom. The summed E-state index contributed by atoms with van der Waals surface area (Å²) >= 11 is 12.7. The highest BCUT2D eigenvalue weighted by molar-refractivity contribution is 6.34. The van der Waals surface area contributed by atoms with Crippen LogP contribution >= 0.6 is 23.2 Å². The van der Waals surface area contributed by atoms with Crippen LogP contribution in [0.1, 0.15) is 48.4 Å². The van der Waals surface area contributed by atoms with Gasteiger partial charge in [-0.1, -0.05) is 90.8 Å². The molecule has 0 aromatic heterocycles. The first-order chi connectivity index (χ1) is 16.2. The van der Waals surface area contributed by atoms with Crippen molar-refractivity contribution in [2.24, 2.45) is 0 Å². The number of hydrogen-bond acceptors (Lipinski definition) is 4. The minimum Gasteiger partial charge on any atom is -0.442 e. The Morgan fingerprint density at radius 2 is 1.68 bits per heavy atom. The third-order valence-corrected chi connectivity index (χ3v) is 6.31. The van der Waals surface area contributed by atoms with Crippen LogP contribution in [0.15, 0.2) is 66.7 Å². The molecule has 5 nitrogen and oxygen atoms in total. The lowest BCUT2D eigenvalue weighted by atomic mass is 9.97. The second-order valence-electron chi connectivity index (χ2n) is 7.90. The van der Waals surface area contributed by atoms with Gasteiger partial charge in [-0.15, -0.1) is 0 Å². The van der Waals surface area contributed by atoms with Gasteiger partial charge in [-0.05, 0) is 37.5 Å². The van der Waals surface area contributed by atoms with Gasteiger partial charge in [0.1, 0.15) is 12.1 Å². The fourth-order valence-corrected chi connectivity index (χ4v) is 4.27. The summed E-state index contributed by atoms with van der Waals surface area (Å²) in [6, 6.07) is 18.7. The van der Waals surface area contributed by atoms with Gasteiger partial charge in [0.2, 0.25) is 0 Å². The molecule has 176 valence electrons. The SMILES string of the molecule is CCc1cccc(-c2ccc(C(=O)C(NC(=O)OC(C)c3ccccc3Cl)C(C)=N)cc2)c1Cl. The van der Waals surface area contributed by atoms with Crippen molar-refractivity contribution in [3.63, 3.8) is 0 Å². The van der Waals surface area contributed by atoms with E-state index in [-0.39, 0.29) is 5.71 Å². The molecular weight excluding hydrogens is 471 g/mol. The van der Waals surface area contributed by atoms with Crippen molar-refractivity contribution in [3.8, 4) is 11.1 Å². The van der Waals surface area contributed by atoms with Gasteiger partial charge in [0.15, 0.2) is 5.78 Å². The lowest BCUT2D eigenvalue weighted by Crippen LogP contribution is -2.45. The van der Waals surface area contributed by atoms with E-state index in [9.17, 15) is 9.59 Å². The summed E-state index contributed by atoms with van der Waals surface area (Å²) in [5.41, 5.74) is 3.82. The van der Waals surface area contributed by atoms with Gasteiger partial charge in [-0.2, -0.15) is 0 Å². The van der Waals surface area contributed by atoms with Crippen LogP contribution < -0.4 is 5.32 Å². The van der Waals surface area contributed by atoms with Crippen LogP contribution in [0.25, 0.3) is 11.1 Å². The quantitative estimate of drug-likeness (QED) is 0.253. The smallest absolute Gasteiger partial charge is 0.408 e. The Labute approximate surface area is 209 Å². The normalized spacial score (nSPS) is 12.5. The van der Waals surface area contributed by atoms with E-state index in [1.165, 1.54) is 6.92 Å². The van der Waals surface area contributed by atoms with E-state index in [4.69, 9.17) is 33.3 Å². The molecule has 0 bridgehead atoms. The van der Waals surface area contributed by atoms with E-state index in [0.717, 1.165) is 23.1 Å². The third-order valence-electron chi connectivity index (χ3n) is 5.52. The van der Waals surface area contributed by atoms with Crippen molar-refractivity contribution in [3.05, 3.63) is 93.5 Å². The fourth-order valence-electron chi connectivity index (χ4n) is 3.61. The summed E-state index contributed by atoms with van der Waals surface area (Å²) in [4.78, 5) is 25.6. The second-order valence-corrected chi connectivity index (χ2v) is 8.69. The van der Waals surface area contributed by atoms with Gasteiger partial charge in [0, 0.05) is 27.4 Å². The molecule has 2 N–H and O–H groups in total. The Balaban J connectivity index is 1.74.